The van der Waals surface area contributed by atoms with Crippen LogP contribution in [0.25, 0.3) is 0 Å². The Morgan fingerprint density at radius 2 is 2.00 bits per heavy atom. The van der Waals surface area contributed by atoms with Gasteiger partial charge < -0.3 is 24.4 Å². The molecule has 4 rings (SSSR count). The molecule has 2 bridgehead atoms. The molecule has 3 aliphatic rings. The number of β-amino-alcohol motifs (C(OH)–C–C–N with tert-alkyl or cyclic N) is 1. The Kier molecular flexibility index (Phi) is 6.88. The summed E-state index contributed by atoms with van der Waals surface area (Å²) in [6, 6.07) is 8.62. The maximum absolute atomic E-state index is 14.1. The lowest BCUT2D eigenvalue weighted by Gasteiger charge is -2.37. The van der Waals surface area contributed by atoms with Crippen LogP contribution in [0, 0.1) is 17.8 Å². The van der Waals surface area contributed by atoms with Crippen molar-refractivity contribution in [3.05, 3.63) is 61.2 Å². The molecule has 1 aromatic carbocycles. The predicted octanol–water partition coefficient (Wildman–Crippen LogP) is 1.93. The number of fused-ring (bicyclic) bond motifs is 1. The van der Waals surface area contributed by atoms with Crippen molar-refractivity contribution in [2.75, 3.05) is 26.3 Å². The van der Waals surface area contributed by atoms with Crippen molar-refractivity contribution < 1.29 is 29.0 Å². The van der Waals surface area contributed by atoms with E-state index in [0.717, 1.165) is 5.56 Å². The van der Waals surface area contributed by atoms with Crippen LogP contribution in [-0.2, 0) is 30.4 Å². The SMILES string of the molecule is C=CCOC(=O)[C@H]1[C@H]2C(=O)N(CCO)C(C(=O)N(CC=C)Cc3ccccc3)C23CC(C)[C@]1(C)O3. The van der Waals surface area contributed by atoms with Gasteiger partial charge in [0.05, 0.1) is 18.1 Å². The molecule has 2 amide bonds. The quantitative estimate of drug-likeness (QED) is 0.404. The Bertz CT molecular complexity index is 1010. The molecule has 35 heavy (non-hydrogen) atoms. The number of carbonyl (C=O) groups is 3. The Balaban J connectivity index is 1.75. The lowest BCUT2D eigenvalue weighted by atomic mass is 9.62. The fourth-order valence-corrected chi connectivity index (χ4v) is 6.32. The molecule has 0 radical (unpaired) electrons. The van der Waals surface area contributed by atoms with E-state index in [1.54, 1.807) is 11.0 Å². The molecule has 6 atom stereocenters. The van der Waals surface area contributed by atoms with E-state index in [-0.39, 0.29) is 44.0 Å². The second kappa shape index (κ2) is 9.59. The number of carbonyl (C=O) groups excluding carboxylic acids is 3. The van der Waals surface area contributed by atoms with Gasteiger partial charge in [0.15, 0.2) is 0 Å². The standard InChI is InChI=1S/C27H34N2O6/c1-5-12-28(17-19-10-8-7-9-11-19)24(32)22-27-16-18(3)26(4,35-27)21(25(33)34-15-6-2)20(27)23(31)29(22)13-14-30/h5-11,18,20-22,30H,1-2,12-17H2,3-4H3/t18?,20-,21+,22?,26-,27?/m0/s1. The summed E-state index contributed by atoms with van der Waals surface area (Å²) in [5, 5.41) is 9.77. The zero-order chi connectivity index (χ0) is 25.4. The van der Waals surface area contributed by atoms with Crippen LogP contribution in [0.5, 0.6) is 0 Å². The number of likely N-dealkylation sites (tertiary alicyclic amines) is 1. The number of aliphatic hydroxyl groups is 1. The monoisotopic (exact) mass is 482 g/mol. The number of ether oxygens (including phenoxy) is 2. The van der Waals surface area contributed by atoms with E-state index in [0.29, 0.717) is 13.0 Å². The van der Waals surface area contributed by atoms with E-state index in [2.05, 4.69) is 13.2 Å². The summed E-state index contributed by atoms with van der Waals surface area (Å²) in [5.41, 5.74) is -1.17. The van der Waals surface area contributed by atoms with E-state index in [1.807, 2.05) is 44.2 Å². The zero-order valence-electron chi connectivity index (χ0n) is 20.4. The lowest BCUT2D eigenvalue weighted by molar-refractivity contribution is -0.161. The van der Waals surface area contributed by atoms with Crippen molar-refractivity contribution in [1.82, 2.24) is 9.80 Å². The molecule has 1 aromatic rings. The highest BCUT2D eigenvalue weighted by Crippen LogP contribution is 2.65. The first kappa shape index (κ1) is 25.1. The Morgan fingerprint density at radius 3 is 2.63 bits per heavy atom. The first-order chi connectivity index (χ1) is 16.7. The fraction of sp³-hybridized carbons (Fsp3) is 0.519. The second-order valence-electron chi connectivity index (χ2n) is 9.87. The van der Waals surface area contributed by atoms with Gasteiger partial charge in [0, 0.05) is 19.6 Å². The van der Waals surface area contributed by atoms with Gasteiger partial charge in [0.1, 0.15) is 24.2 Å². The van der Waals surface area contributed by atoms with E-state index in [4.69, 9.17) is 9.47 Å². The van der Waals surface area contributed by atoms with Gasteiger partial charge in [-0.05, 0) is 24.8 Å². The highest BCUT2D eigenvalue weighted by Gasteiger charge is 2.80. The fourth-order valence-electron chi connectivity index (χ4n) is 6.32. The molecule has 0 aromatic heterocycles. The van der Waals surface area contributed by atoms with E-state index >= 15 is 0 Å². The number of benzene rings is 1. The lowest BCUT2D eigenvalue weighted by Crippen LogP contribution is -2.56. The number of nitrogens with zero attached hydrogens (tertiary/aromatic N) is 2. The van der Waals surface area contributed by atoms with Gasteiger partial charge in [-0.1, -0.05) is 56.0 Å². The topological polar surface area (TPSA) is 96.4 Å². The largest absolute Gasteiger partial charge is 0.461 e. The summed E-state index contributed by atoms with van der Waals surface area (Å²) in [7, 11) is 0. The van der Waals surface area contributed by atoms with Crippen molar-refractivity contribution in [3.8, 4) is 0 Å². The molecular weight excluding hydrogens is 448 g/mol. The van der Waals surface area contributed by atoms with Crippen LogP contribution in [0.2, 0.25) is 0 Å². The van der Waals surface area contributed by atoms with Crippen LogP contribution in [0.15, 0.2) is 55.6 Å². The highest BCUT2D eigenvalue weighted by molar-refractivity contribution is 5.98. The molecule has 8 heteroatoms. The number of esters is 1. The molecular formula is C27H34N2O6. The molecule has 0 aliphatic carbocycles. The van der Waals surface area contributed by atoms with Crippen LogP contribution >= 0.6 is 0 Å². The van der Waals surface area contributed by atoms with Crippen LogP contribution < -0.4 is 0 Å². The van der Waals surface area contributed by atoms with E-state index in [1.165, 1.54) is 11.0 Å². The summed E-state index contributed by atoms with van der Waals surface area (Å²) in [5.74, 6) is -2.95. The molecule has 1 spiro atoms. The minimum Gasteiger partial charge on any atom is -0.461 e. The maximum Gasteiger partial charge on any atom is 0.313 e. The van der Waals surface area contributed by atoms with Crippen molar-refractivity contribution in [3.63, 3.8) is 0 Å². The van der Waals surface area contributed by atoms with Gasteiger partial charge in [0.25, 0.3) is 0 Å². The third-order valence-electron chi connectivity index (χ3n) is 7.86. The predicted molar refractivity (Wildman–Crippen MR) is 129 cm³/mol. The van der Waals surface area contributed by atoms with Gasteiger partial charge in [-0.3, -0.25) is 14.4 Å². The normalized spacial score (nSPS) is 32.9. The molecule has 8 nitrogen and oxygen atoms in total. The third kappa shape index (κ3) is 3.89. The van der Waals surface area contributed by atoms with E-state index in [9.17, 15) is 19.5 Å². The molecule has 1 N–H and O–H groups in total. The Labute approximate surface area is 206 Å². The number of hydrogen-bond acceptors (Lipinski definition) is 6. The number of aliphatic hydroxyl groups excluding tert-OH is 1. The van der Waals surface area contributed by atoms with Crippen molar-refractivity contribution in [2.24, 2.45) is 17.8 Å². The maximum atomic E-state index is 14.1. The molecule has 0 saturated carbocycles. The molecule has 3 saturated heterocycles. The van der Waals surface area contributed by atoms with Crippen LogP contribution in [0.4, 0.5) is 0 Å². The van der Waals surface area contributed by atoms with Gasteiger partial charge in [-0.2, -0.15) is 0 Å². The van der Waals surface area contributed by atoms with Crippen molar-refractivity contribution in [1.29, 1.82) is 0 Å². The summed E-state index contributed by atoms with van der Waals surface area (Å²) >= 11 is 0. The van der Waals surface area contributed by atoms with Crippen LogP contribution in [0.1, 0.15) is 25.8 Å². The van der Waals surface area contributed by atoms with Crippen molar-refractivity contribution >= 4 is 17.8 Å². The molecule has 3 aliphatic heterocycles. The van der Waals surface area contributed by atoms with E-state index < -0.39 is 35.0 Å². The van der Waals surface area contributed by atoms with Gasteiger partial charge in [-0.15, -0.1) is 6.58 Å². The first-order valence-electron chi connectivity index (χ1n) is 12.1. The van der Waals surface area contributed by atoms with Gasteiger partial charge in [-0.25, -0.2) is 0 Å². The average molecular weight is 483 g/mol. The number of amides is 2. The third-order valence-corrected chi connectivity index (χ3v) is 7.86. The van der Waals surface area contributed by atoms with Gasteiger partial charge >= 0.3 is 5.97 Å². The molecule has 3 heterocycles. The Morgan fingerprint density at radius 1 is 1.29 bits per heavy atom. The smallest absolute Gasteiger partial charge is 0.313 e. The summed E-state index contributed by atoms with van der Waals surface area (Å²) in [6.45, 7) is 11.5. The molecule has 188 valence electrons. The minimum absolute atomic E-state index is 0.0242. The Hall–Kier alpha value is -2.97. The minimum atomic E-state index is -1.18. The second-order valence-corrected chi connectivity index (χ2v) is 9.87. The number of rotatable bonds is 10. The van der Waals surface area contributed by atoms with Gasteiger partial charge in [0.2, 0.25) is 11.8 Å². The summed E-state index contributed by atoms with van der Waals surface area (Å²) in [4.78, 5) is 44.1. The van der Waals surface area contributed by atoms with Crippen LogP contribution in [-0.4, -0.2) is 76.2 Å². The summed E-state index contributed by atoms with van der Waals surface area (Å²) < 4.78 is 12.0. The first-order valence-corrected chi connectivity index (χ1v) is 12.1. The number of hydrogen-bond donors (Lipinski definition) is 1. The summed E-state index contributed by atoms with van der Waals surface area (Å²) in [6.07, 6.45) is 3.58. The van der Waals surface area contributed by atoms with Crippen molar-refractivity contribution in [2.45, 2.75) is 44.1 Å². The van der Waals surface area contributed by atoms with Crippen LogP contribution in [0.3, 0.4) is 0 Å². The molecule has 3 fully saturated rings. The highest BCUT2D eigenvalue weighted by atomic mass is 16.6. The average Bonchev–Trinajstić information content (AvgIpc) is 3.35. The molecule has 3 unspecified atom stereocenters. The zero-order valence-corrected chi connectivity index (χ0v) is 20.4.